The molecule has 7 nitrogen and oxygen atoms in total. The van der Waals surface area contributed by atoms with Crippen molar-refractivity contribution in [3.8, 4) is 0 Å². The van der Waals surface area contributed by atoms with E-state index in [2.05, 4.69) is 41.3 Å². The minimum absolute atomic E-state index is 0. The lowest BCUT2D eigenvalue weighted by atomic mass is 10.1. The number of hydrogen-bond donors (Lipinski definition) is 1. The number of aryl methyl sites for hydroxylation is 1. The molecule has 1 N–H and O–H groups in total. The van der Waals surface area contributed by atoms with Gasteiger partial charge in [-0.05, 0) is 45.3 Å². The second-order valence-electron chi connectivity index (χ2n) is 7.76. The number of piperazine rings is 1. The highest BCUT2D eigenvalue weighted by Gasteiger charge is 2.21. The Morgan fingerprint density at radius 2 is 1.79 bits per heavy atom. The molecule has 1 aromatic heterocycles. The predicted molar refractivity (Wildman–Crippen MR) is 134 cm³/mol. The van der Waals surface area contributed by atoms with Gasteiger partial charge in [-0.2, -0.15) is 4.37 Å². The number of piperidine rings is 1. The Kier molecular flexibility index (Phi) is 11.5. The number of guanidine groups is 1. The molecule has 2 aliphatic rings. The Balaban J connectivity index is 0.00000300. The third kappa shape index (κ3) is 7.82. The fourth-order valence-corrected chi connectivity index (χ4v) is 4.78. The summed E-state index contributed by atoms with van der Waals surface area (Å²) in [5.74, 6) is 2.00. The van der Waals surface area contributed by atoms with Crippen molar-refractivity contribution in [1.29, 1.82) is 0 Å². The minimum Gasteiger partial charge on any atom is -0.356 e. The SMILES string of the molecule is CCc1nsc(N2CCN(C(=NC)NCCCCCN3CCCCC3)CC2)n1.I. The van der Waals surface area contributed by atoms with Crippen molar-refractivity contribution in [2.24, 2.45) is 4.99 Å². The van der Waals surface area contributed by atoms with Crippen LogP contribution in [0.2, 0.25) is 0 Å². The second-order valence-corrected chi connectivity index (χ2v) is 8.49. The first-order valence-corrected chi connectivity index (χ1v) is 11.8. The first kappa shape index (κ1) is 24.6. The molecule has 0 saturated carbocycles. The molecule has 2 aliphatic heterocycles. The molecule has 9 heteroatoms. The van der Waals surface area contributed by atoms with Crippen molar-refractivity contribution in [2.45, 2.75) is 51.9 Å². The Hall–Kier alpha value is -0.680. The molecule has 3 rings (SSSR count). The molecule has 0 aliphatic carbocycles. The van der Waals surface area contributed by atoms with Gasteiger partial charge in [-0.1, -0.05) is 19.8 Å². The summed E-state index contributed by atoms with van der Waals surface area (Å²) in [6.07, 6.45) is 8.95. The van der Waals surface area contributed by atoms with Crippen LogP contribution >= 0.6 is 35.5 Å². The molecule has 0 aromatic carbocycles. The number of halogens is 1. The van der Waals surface area contributed by atoms with Crippen LogP contribution < -0.4 is 10.2 Å². The number of anilines is 1. The standard InChI is InChI=1S/C20H37N7S.HI/c1-3-18-23-20(28-24-18)27-16-14-26(15-17-27)19(21-2)22-10-6-4-7-11-25-12-8-5-9-13-25;/h3-17H2,1-2H3,(H,21,22);1H. The van der Waals surface area contributed by atoms with E-state index in [1.807, 2.05) is 7.05 Å². The third-order valence-corrected chi connectivity index (χ3v) is 6.53. The summed E-state index contributed by atoms with van der Waals surface area (Å²) < 4.78 is 4.41. The van der Waals surface area contributed by atoms with E-state index in [9.17, 15) is 0 Å². The number of hydrogen-bond acceptors (Lipinski definition) is 6. The van der Waals surface area contributed by atoms with Crippen LogP contribution in [0.4, 0.5) is 5.13 Å². The van der Waals surface area contributed by atoms with Crippen LogP contribution in [-0.4, -0.2) is 84.5 Å². The number of aliphatic imine (C=N–C) groups is 1. The quantitative estimate of drug-likeness (QED) is 0.239. The van der Waals surface area contributed by atoms with Gasteiger partial charge in [-0.15, -0.1) is 24.0 Å². The number of aromatic nitrogens is 2. The molecule has 2 fully saturated rings. The van der Waals surface area contributed by atoms with Gasteiger partial charge in [0, 0.05) is 57.7 Å². The summed E-state index contributed by atoms with van der Waals surface area (Å²) in [5.41, 5.74) is 0. The summed E-state index contributed by atoms with van der Waals surface area (Å²) in [6.45, 7) is 11.0. The van der Waals surface area contributed by atoms with E-state index in [1.54, 1.807) is 0 Å². The summed E-state index contributed by atoms with van der Waals surface area (Å²) in [7, 11) is 1.89. The lowest BCUT2D eigenvalue weighted by Gasteiger charge is -2.36. The molecular weight excluding hydrogens is 497 g/mol. The summed E-state index contributed by atoms with van der Waals surface area (Å²) in [5, 5.41) is 4.63. The van der Waals surface area contributed by atoms with E-state index in [0.29, 0.717) is 0 Å². The first-order valence-electron chi connectivity index (χ1n) is 11.1. The van der Waals surface area contributed by atoms with Crippen molar-refractivity contribution in [1.82, 2.24) is 24.5 Å². The molecule has 3 heterocycles. The summed E-state index contributed by atoms with van der Waals surface area (Å²) >= 11 is 1.52. The zero-order chi connectivity index (χ0) is 19.6. The van der Waals surface area contributed by atoms with Gasteiger partial charge in [0.25, 0.3) is 0 Å². The second kappa shape index (κ2) is 13.6. The van der Waals surface area contributed by atoms with Gasteiger partial charge >= 0.3 is 0 Å². The monoisotopic (exact) mass is 535 g/mol. The van der Waals surface area contributed by atoms with Crippen molar-refractivity contribution >= 4 is 46.6 Å². The fraction of sp³-hybridized carbons (Fsp3) is 0.850. The van der Waals surface area contributed by atoms with Crippen molar-refractivity contribution in [3.05, 3.63) is 5.82 Å². The van der Waals surface area contributed by atoms with E-state index >= 15 is 0 Å². The maximum Gasteiger partial charge on any atom is 0.205 e. The molecule has 1 aromatic rings. The molecule has 0 unspecified atom stereocenters. The van der Waals surface area contributed by atoms with Gasteiger partial charge in [0.1, 0.15) is 5.82 Å². The van der Waals surface area contributed by atoms with E-state index in [-0.39, 0.29) is 24.0 Å². The van der Waals surface area contributed by atoms with Crippen LogP contribution in [0, 0.1) is 0 Å². The summed E-state index contributed by atoms with van der Waals surface area (Å²) in [6, 6.07) is 0. The highest BCUT2D eigenvalue weighted by atomic mass is 127. The number of rotatable bonds is 8. The van der Waals surface area contributed by atoms with Gasteiger partial charge in [-0.25, -0.2) is 4.98 Å². The van der Waals surface area contributed by atoms with Crippen LogP contribution in [0.5, 0.6) is 0 Å². The van der Waals surface area contributed by atoms with Crippen molar-refractivity contribution in [3.63, 3.8) is 0 Å². The molecular formula is C20H38IN7S. The number of nitrogens with zero attached hydrogens (tertiary/aromatic N) is 6. The van der Waals surface area contributed by atoms with Crippen LogP contribution in [0.25, 0.3) is 0 Å². The highest BCUT2D eigenvalue weighted by Crippen LogP contribution is 2.19. The zero-order valence-corrected chi connectivity index (χ0v) is 21.3. The summed E-state index contributed by atoms with van der Waals surface area (Å²) in [4.78, 5) is 16.5. The Morgan fingerprint density at radius 1 is 1.03 bits per heavy atom. The van der Waals surface area contributed by atoms with Gasteiger partial charge < -0.3 is 20.0 Å². The number of unbranched alkanes of at least 4 members (excludes halogenated alkanes) is 2. The average Bonchev–Trinajstić information content (AvgIpc) is 3.24. The average molecular weight is 536 g/mol. The number of nitrogens with one attached hydrogen (secondary N) is 1. The topological polar surface area (TPSA) is 59.9 Å². The number of likely N-dealkylation sites (tertiary alicyclic amines) is 1. The molecule has 0 radical (unpaired) electrons. The Morgan fingerprint density at radius 3 is 2.45 bits per heavy atom. The van der Waals surface area contributed by atoms with E-state index < -0.39 is 0 Å². The smallest absolute Gasteiger partial charge is 0.205 e. The minimum atomic E-state index is 0. The largest absolute Gasteiger partial charge is 0.356 e. The van der Waals surface area contributed by atoms with Gasteiger partial charge in [-0.3, -0.25) is 4.99 Å². The van der Waals surface area contributed by atoms with Crippen LogP contribution in [0.1, 0.15) is 51.3 Å². The Labute approximate surface area is 197 Å². The third-order valence-electron chi connectivity index (χ3n) is 5.72. The molecule has 29 heavy (non-hydrogen) atoms. The molecule has 166 valence electrons. The maximum absolute atomic E-state index is 4.62. The predicted octanol–water partition coefficient (Wildman–Crippen LogP) is 3.07. The van der Waals surface area contributed by atoms with Crippen LogP contribution in [0.3, 0.4) is 0 Å². The molecule has 0 bridgehead atoms. The van der Waals surface area contributed by atoms with Crippen LogP contribution in [0.15, 0.2) is 4.99 Å². The van der Waals surface area contributed by atoms with Crippen molar-refractivity contribution in [2.75, 3.05) is 64.3 Å². The van der Waals surface area contributed by atoms with Crippen molar-refractivity contribution < 1.29 is 0 Å². The normalized spacial score (nSPS) is 18.6. The lowest BCUT2D eigenvalue weighted by molar-refractivity contribution is 0.224. The maximum atomic E-state index is 4.62. The molecule has 0 atom stereocenters. The van der Waals surface area contributed by atoms with E-state index in [1.165, 1.54) is 69.7 Å². The van der Waals surface area contributed by atoms with Gasteiger partial charge in [0.05, 0.1) is 0 Å². The van der Waals surface area contributed by atoms with Gasteiger partial charge in [0.15, 0.2) is 5.96 Å². The van der Waals surface area contributed by atoms with Crippen LogP contribution in [-0.2, 0) is 6.42 Å². The van der Waals surface area contributed by atoms with E-state index in [0.717, 1.165) is 56.1 Å². The molecule has 0 amide bonds. The molecule has 0 spiro atoms. The fourth-order valence-electron chi connectivity index (χ4n) is 3.98. The molecule has 2 saturated heterocycles. The Bertz CT molecular complexity index is 595. The van der Waals surface area contributed by atoms with E-state index in [4.69, 9.17) is 0 Å². The lowest BCUT2D eigenvalue weighted by Crippen LogP contribution is -2.52. The zero-order valence-electron chi connectivity index (χ0n) is 18.1. The van der Waals surface area contributed by atoms with Gasteiger partial charge in [0.2, 0.25) is 5.13 Å². The first-order chi connectivity index (χ1) is 13.8. The highest BCUT2D eigenvalue weighted by molar-refractivity contribution is 14.0.